The number of amides is 6. The monoisotopic (exact) mass is 827 g/mol. The number of piperidine rings is 1. The summed E-state index contributed by atoms with van der Waals surface area (Å²) in [6.07, 6.45) is 4.96. The fourth-order valence-corrected chi connectivity index (χ4v) is 9.63. The van der Waals surface area contributed by atoms with Gasteiger partial charge in [0.2, 0.25) is 17.7 Å². The molecule has 4 aliphatic rings. The number of rotatable bonds is 12. The zero-order valence-corrected chi connectivity index (χ0v) is 34.7. The van der Waals surface area contributed by atoms with E-state index in [0.29, 0.717) is 35.6 Å². The molecule has 2 aromatic carbocycles. The van der Waals surface area contributed by atoms with E-state index >= 15 is 0 Å². The molecular weight excluding hydrogens is 777 g/mol. The van der Waals surface area contributed by atoms with Crippen molar-refractivity contribution in [3.63, 3.8) is 0 Å². The first kappa shape index (κ1) is 43.4. The fraction of sp³-hybridized carbons (Fsp3) is 0.550. The van der Waals surface area contributed by atoms with Crippen LogP contribution in [0, 0.1) is 11.3 Å². The minimum atomic E-state index is -0.978. The van der Waals surface area contributed by atoms with Gasteiger partial charge in [0.05, 0.1) is 29.2 Å². The van der Waals surface area contributed by atoms with Gasteiger partial charge in [0.25, 0.3) is 5.91 Å². The SMILES string of the molecule is C[C@@H]1CN(CCCOC2CCC(N3C(=O)N(Sc4ccc(C#N)c(Cl)c4)C(=O)C3(C)C)CC2)C[C@H](C)N1CC(=O)Nc1ccc(C2CCC(=O)NC2=O)cc1.Cl. The second kappa shape index (κ2) is 18.7. The van der Waals surface area contributed by atoms with E-state index in [1.807, 2.05) is 18.2 Å². The minimum absolute atomic E-state index is 0. The first-order valence-electron chi connectivity index (χ1n) is 19.1. The van der Waals surface area contributed by atoms with Gasteiger partial charge in [-0.05, 0) is 114 Å². The molecule has 0 bridgehead atoms. The molecule has 302 valence electrons. The van der Waals surface area contributed by atoms with Gasteiger partial charge in [-0.1, -0.05) is 23.7 Å². The van der Waals surface area contributed by atoms with Gasteiger partial charge in [-0.25, -0.2) is 4.79 Å². The molecule has 1 aliphatic carbocycles. The second-order valence-electron chi connectivity index (χ2n) is 15.6. The van der Waals surface area contributed by atoms with Crippen molar-refractivity contribution in [2.75, 3.05) is 38.1 Å². The first-order chi connectivity index (χ1) is 26.2. The molecule has 6 rings (SSSR count). The molecule has 13 nitrogen and oxygen atoms in total. The molecule has 0 spiro atoms. The van der Waals surface area contributed by atoms with Crippen LogP contribution in [0.25, 0.3) is 0 Å². The summed E-state index contributed by atoms with van der Waals surface area (Å²) in [5.74, 6) is -1.23. The lowest BCUT2D eigenvalue weighted by Crippen LogP contribution is -2.58. The molecule has 3 atom stereocenters. The van der Waals surface area contributed by atoms with Crippen molar-refractivity contribution in [1.82, 2.24) is 24.3 Å². The van der Waals surface area contributed by atoms with Crippen LogP contribution in [0.2, 0.25) is 5.02 Å². The number of nitriles is 1. The third-order valence-electron chi connectivity index (χ3n) is 11.3. The van der Waals surface area contributed by atoms with E-state index in [1.165, 1.54) is 4.31 Å². The summed E-state index contributed by atoms with van der Waals surface area (Å²) in [5.41, 5.74) is 0.858. The van der Waals surface area contributed by atoms with Crippen molar-refractivity contribution in [2.45, 2.75) is 113 Å². The highest BCUT2D eigenvalue weighted by molar-refractivity contribution is 7.98. The Morgan fingerprint density at radius 1 is 1.02 bits per heavy atom. The average molecular weight is 829 g/mol. The van der Waals surface area contributed by atoms with E-state index < -0.39 is 5.54 Å². The zero-order valence-electron chi connectivity index (χ0n) is 32.3. The summed E-state index contributed by atoms with van der Waals surface area (Å²) in [6.45, 7) is 11.4. The van der Waals surface area contributed by atoms with E-state index in [-0.39, 0.29) is 83.8 Å². The Hall–Kier alpha value is -3.71. The third kappa shape index (κ3) is 9.86. The van der Waals surface area contributed by atoms with E-state index in [4.69, 9.17) is 16.3 Å². The maximum Gasteiger partial charge on any atom is 0.338 e. The van der Waals surface area contributed by atoms with Crippen LogP contribution < -0.4 is 10.6 Å². The Balaban J connectivity index is 0.00000600. The van der Waals surface area contributed by atoms with Gasteiger partial charge in [-0.3, -0.25) is 29.4 Å². The highest BCUT2D eigenvalue weighted by Gasteiger charge is 2.54. The number of urea groups is 1. The maximum atomic E-state index is 13.6. The normalized spacial score (nSPS) is 25.8. The summed E-state index contributed by atoms with van der Waals surface area (Å²) in [4.78, 5) is 70.7. The molecule has 6 amide bonds. The Morgan fingerprint density at radius 2 is 1.70 bits per heavy atom. The van der Waals surface area contributed by atoms with Crippen LogP contribution >= 0.6 is 36.0 Å². The number of nitrogens with zero attached hydrogens (tertiary/aromatic N) is 5. The number of anilines is 1. The number of benzene rings is 2. The second-order valence-corrected chi connectivity index (χ2v) is 17.0. The molecule has 1 unspecified atom stereocenters. The van der Waals surface area contributed by atoms with Crippen LogP contribution in [0.1, 0.15) is 89.7 Å². The van der Waals surface area contributed by atoms with Gasteiger partial charge < -0.3 is 19.9 Å². The minimum Gasteiger partial charge on any atom is -0.378 e. The Bertz CT molecular complexity index is 1820. The first-order valence-corrected chi connectivity index (χ1v) is 20.3. The van der Waals surface area contributed by atoms with Crippen LogP contribution in [0.4, 0.5) is 10.5 Å². The third-order valence-corrected chi connectivity index (χ3v) is 12.6. The molecule has 16 heteroatoms. The molecule has 3 saturated heterocycles. The predicted octanol–water partition coefficient (Wildman–Crippen LogP) is 5.95. The smallest absolute Gasteiger partial charge is 0.338 e. The number of ether oxygens (including phenoxy) is 1. The lowest BCUT2D eigenvalue weighted by atomic mass is 9.89. The lowest BCUT2D eigenvalue weighted by molar-refractivity contribution is -0.134. The molecule has 3 aliphatic heterocycles. The van der Waals surface area contributed by atoms with Crippen LogP contribution in [0.5, 0.6) is 0 Å². The Morgan fingerprint density at radius 3 is 2.32 bits per heavy atom. The number of carbonyl (C=O) groups excluding carboxylic acids is 5. The van der Waals surface area contributed by atoms with Crippen LogP contribution in [0.3, 0.4) is 0 Å². The van der Waals surface area contributed by atoms with E-state index in [0.717, 1.165) is 69.2 Å². The van der Waals surface area contributed by atoms with Crippen molar-refractivity contribution in [3.8, 4) is 6.07 Å². The van der Waals surface area contributed by atoms with Crippen molar-refractivity contribution >= 4 is 71.3 Å². The number of carbonyl (C=O) groups is 5. The van der Waals surface area contributed by atoms with E-state index in [1.54, 1.807) is 49.1 Å². The maximum absolute atomic E-state index is 13.6. The molecule has 56 heavy (non-hydrogen) atoms. The van der Waals surface area contributed by atoms with E-state index in [2.05, 4.69) is 34.3 Å². The van der Waals surface area contributed by atoms with Crippen molar-refractivity contribution < 1.29 is 28.7 Å². The number of piperazine rings is 1. The van der Waals surface area contributed by atoms with Crippen LogP contribution in [0.15, 0.2) is 47.4 Å². The Kier molecular flexibility index (Phi) is 14.5. The molecule has 0 radical (unpaired) electrons. The van der Waals surface area contributed by atoms with Gasteiger partial charge in [-0.2, -0.15) is 9.57 Å². The highest BCUT2D eigenvalue weighted by Crippen LogP contribution is 2.41. The zero-order chi connectivity index (χ0) is 39.4. The van der Waals surface area contributed by atoms with Gasteiger partial charge in [0, 0.05) is 61.4 Å². The molecule has 2 N–H and O–H groups in total. The molecule has 3 heterocycles. The van der Waals surface area contributed by atoms with Gasteiger partial charge in [0.15, 0.2) is 0 Å². The van der Waals surface area contributed by atoms with Crippen molar-refractivity contribution in [2.24, 2.45) is 0 Å². The predicted molar refractivity (Wildman–Crippen MR) is 216 cm³/mol. The van der Waals surface area contributed by atoms with Crippen molar-refractivity contribution in [1.29, 1.82) is 5.26 Å². The number of nitrogens with one attached hydrogen (secondary N) is 2. The molecule has 1 saturated carbocycles. The number of imide groups is 2. The molecule has 0 aromatic heterocycles. The summed E-state index contributed by atoms with van der Waals surface area (Å²) in [6, 6.07) is 14.2. The average Bonchev–Trinajstić information content (AvgIpc) is 3.31. The summed E-state index contributed by atoms with van der Waals surface area (Å²) in [7, 11) is 0. The number of hydrogen-bond donors (Lipinski definition) is 2. The summed E-state index contributed by atoms with van der Waals surface area (Å²) in [5, 5.41) is 14.8. The van der Waals surface area contributed by atoms with Gasteiger partial charge >= 0.3 is 6.03 Å². The standard InChI is InChI=1S/C40H50ClN7O6S.ClH/c1-25-22-45(23-26(2)46(25)24-36(50)43-29-9-6-27(7-10-29)33-16-17-35(49)44-37(33)51)18-5-19-54-31-13-11-30(12-14-31)47-39(53)48(38(52)40(47,3)4)55-32-15-8-28(21-42)34(41)20-32;/h6-10,15,20,25-26,30-31,33H,5,11-14,16-19,22-24H2,1-4H3,(H,43,50)(H,44,49,51);1H/t25-,26+,30?,31?,33?;. The highest BCUT2D eigenvalue weighted by atomic mass is 35.5. The molecule has 2 aromatic rings. The van der Waals surface area contributed by atoms with Crippen LogP contribution in [-0.4, -0.2) is 111 Å². The van der Waals surface area contributed by atoms with Crippen molar-refractivity contribution in [3.05, 3.63) is 58.6 Å². The summed E-state index contributed by atoms with van der Waals surface area (Å²) >= 11 is 7.23. The molecule has 4 fully saturated rings. The quantitative estimate of drug-likeness (QED) is 0.114. The lowest BCUT2D eigenvalue weighted by Gasteiger charge is -2.44. The van der Waals surface area contributed by atoms with Gasteiger partial charge in [0.1, 0.15) is 11.6 Å². The van der Waals surface area contributed by atoms with E-state index in [9.17, 15) is 29.2 Å². The van der Waals surface area contributed by atoms with Crippen LogP contribution in [-0.2, 0) is 23.9 Å². The largest absolute Gasteiger partial charge is 0.378 e. The number of hydrogen-bond acceptors (Lipinski definition) is 10. The fourth-order valence-electron chi connectivity index (χ4n) is 8.36. The topological polar surface area (TPSA) is 155 Å². The molecular formula is C40H51Cl2N7O6S. The Labute approximate surface area is 344 Å². The summed E-state index contributed by atoms with van der Waals surface area (Å²) < 4.78 is 7.52. The number of halogens is 2. The van der Waals surface area contributed by atoms with Gasteiger partial charge in [-0.15, -0.1) is 12.4 Å².